The van der Waals surface area contributed by atoms with E-state index in [1.807, 2.05) is 17.0 Å². The minimum Gasteiger partial charge on any atom is -0.464 e. The van der Waals surface area contributed by atoms with Crippen molar-refractivity contribution in [2.45, 2.75) is 70.4 Å². The number of halogens is 2. The minimum atomic E-state index is -2.85. The molecule has 0 aromatic carbocycles. The lowest BCUT2D eigenvalue weighted by Crippen LogP contribution is -2.45. The first-order chi connectivity index (χ1) is 16.8. The molecule has 2 aromatic rings. The number of thiazole rings is 1. The van der Waals surface area contributed by atoms with Crippen molar-refractivity contribution < 1.29 is 18.3 Å². The molecule has 2 amide bonds. The summed E-state index contributed by atoms with van der Waals surface area (Å²) >= 11 is 1.40. The van der Waals surface area contributed by atoms with Crippen LogP contribution >= 0.6 is 11.3 Å². The van der Waals surface area contributed by atoms with Gasteiger partial charge in [-0.3, -0.25) is 14.8 Å². The predicted molar refractivity (Wildman–Crippen MR) is 131 cm³/mol. The van der Waals surface area contributed by atoms with E-state index in [2.05, 4.69) is 20.2 Å². The Morgan fingerprint density at radius 1 is 1.23 bits per heavy atom. The smallest absolute Gasteiger partial charge is 0.322 e. The van der Waals surface area contributed by atoms with Gasteiger partial charge in [0, 0.05) is 50.1 Å². The minimum absolute atomic E-state index is 0.00131. The first-order valence-electron chi connectivity index (χ1n) is 12.6. The van der Waals surface area contributed by atoms with E-state index in [1.165, 1.54) is 11.3 Å². The molecule has 0 spiro atoms. The van der Waals surface area contributed by atoms with Gasteiger partial charge in [0.05, 0.1) is 17.1 Å². The number of aromatic nitrogens is 2. The average molecular weight is 506 g/mol. The Labute approximate surface area is 208 Å². The number of fused-ring (bicyclic) bond motifs is 2. The van der Waals surface area contributed by atoms with E-state index >= 15 is 0 Å². The number of urea groups is 1. The van der Waals surface area contributed by atoms with Crippen LogP contribution in [0.5, 0.6) is 5.19 Å². The second-order valence-electron chi connectivity index (χ2n) is 10.1. The van der Waals surface area contributed by atoms with Crippen molar-refractivity contribution in [3.05, 3.63) is 34.6 Å². The number of amides is 2. The monoisotopic (exact) mass is 505 g/mol. The van der Waals surface area contributed by atoms with Crippen LogP contribution in [0.25, 0.3) is 0 Å². The molecule has 4 heterocycles. The quantitative estimate of drug-likeness (QED) is 0.593. The van der Waals surface area contributed by atoms with Crippen LogP contribution in [0, 0.1) is 5.92 Å². The Hall–Kier alpha value is -2.33. The molecule has 0 radical (unpaired) electrons. The van der Waals surface area contributed by atoms with Gasteiger partial charge < -0.3 is 10.1 Å². The molecule has 1 fully saturated rings. The third kappa shape index (κ3) is 6.09. The first-order valence-corrected chi connectivity index (χ1v) is 13.4. The summed E-state index contributed by atoms with van der Waals surface area (Å²) in [6.07, 6.45) is 8.92. The van der Waals surface area contributed by atoms with Crippen molar-refractivity contribution in [2.75, 3.05) is 31.1 Å². The zero-order valence-electron chi connectivity index (χ0n) is 20.1. The summed E-state index contributed by atoms with van der Waals surface area (Å²) in [6, 6.07) is 4.09. The molecule has 2 aromatic heterocycles. The Bertz CT molecular complexity index is 1040. The summed E-state index contributed by atoms with van der Waals surface area (Å²) in [7, 11) is 0. The van der Waals surface area contributed by atoms with Crippen LogP contribution in [0.1, 0.15) is 55.3 Å². The number of nitrogens with one attached hydrogen (secondary N) is 1. The van der Waals surface area contributed by atoms with E-state index in [9.17, 15) is 13.6 Å². The maximum Gasteiger partial charge on any atom is 0.322 e. The number of hydrogen-bond acceptors (Lipinski definition) is 6. The fraction of sp³-hybridized carbons (Fsp3) is 0.640. The van der Waals surface area contributed by atoms with Crippen LogP contribution in [-0.4, -0.2) is 59.1 Å². The maximum absolute atomic E-state index is 13.1. The Kier molecular flexibility index (Phi) is 7.20. The first kappa shape index (κ1) is 24.4. The molecule has 2 aliphatic heterocycles. The molecule has 0 atom stereocenters. The van der Waals surface area contributed by atoms with Crippen LogP contribution in [0.15, 0.2) is 18.3 Å². The molecule has 7 nitrogen and oxygen atoms in total. The van der Waals surface area contributed by atoms with Gasteiger partial charge in [0.15, 0.2) is 6.61 Å². The van der Waals surface area contributed by atoms with E-state index in [0.717, 1.165) is 93.5 Å². The molecule has 1 N–H and O–H groups in total. The van der Waals surface area contributed by atoms with E-state index in [1.54, 1.807) is 6.20 Å². The molecule has 35 heavy (non-hydrogen) atoms. The number of rotatable bonds is 7. The largest absolute Gasteiger partial charge is 0.464 e. The third-order valence-corrected chi connectivity index (χ3v) is 8.31. The number of carbonyl (C=O) groups is 1. The van der Waals surface area contributed by atoms with Gasteiger partial charge in [0.25, 0.3) is 11.1 Å². The number of carbonyl (C=O) groups excluding carboxylic acids is 1. The fourth-order valence-electron chi connectivity index (χ4n) is 5.30. The average Bonchev–Trinajstić information content (AvgIpc) is 3.45. The van der Waals surface area contributed by atoms with E-state index in [4.69, 9.17) is 4.74 Å². The summed E-state index contributed by atoms with van der Waals surface area (Å²) < 4.78 is 31.3. The van der Waals surface area contributed by atoms with Gasteiger partial charge in [-0.2, -0.15) is 0 Å². The number of nitrogens with zero attached hydrogens (tertiary/aromatic N) is 4. The summed E-state index contributed by atoms with van der Waals surface area (Å²) in [6.45, 7) is 3.66. The summed E-state index contributed by atoms with van der Waals surface area (Å²) in [4.78, 5) is 27.0. The van der Waals surface area contributed by atoms with Gasteiger partial charge in [-0.05, 0) is 63.1 Å². The van der Waals surface area contributed by atoms with Crippen molar-refractivity contribution in [2.24, 2.45) is 5.92 Å². The van der Waals surface area contributed by atoms with E-state index in [0.29, 0.717) is 17.7 Å². The van der Waals surface area contributed by atoms with Crippen molar-refractivity contribution in [1.82, 2.24) is 20.2 Å². The zero-order valence-corrected chi connectivity index (χ0v) is 21.0. The lowest BCUT2D eigenvalue weighted by Gasteiger charge is -2.32. The topological polar surface area (TPSA) is 70.6 Å². The van der Waals surface area contributed by atoms with Gasteiger partial charge in [-0.1, -0.05) is 11.3 Å². The highest BCUT2D eigenvalue weighted by atomic mass is 32.1. The van der Waals surface area contributed by atoms with Crippen molar-refractivity contribution in [3.8, 4) is 5.19 Å². The molecular weight excluding hydrogens is 472 g/mol. The molecule has 10 heteroatoms. The highest BCUT2D eigenvalue weighted by Gasteiger charge is 2.30. The fourth-order valence-corrected chi connectivity index (χ4v) is 6.21. The zero-order chi connectivity index (χ0) is 24.4. The Morgan fingerprint density at radius 3 is 2.86 bits per heavy atom. The Balaban J connectivity index is 1.03. The van der Waals surface area contributed by atoms with Crippen LogP contribution in [-0.2, 0) is 19.4 Å². The lowest BCUT2D eigenvalue weighted by molar-refractivity contribution is -0.0230. The standard InChI is InChI=1S/C25H33F2N5O2S/c1-25(26,27)16-34-24-30-20-15-31(13-10-22(20)35-24)12-8-17-4-6-18(7-5-17)29-23(33)32-14-9-19-21(32)3-2-11-28-19/h2-3,11,17-18H,4-10,12-16H2,1H3,(H,29,33)/t17-,18-. The second-order valence-corrected chi connectivity index (χ2v) is 11.1. The van der Waals surface area contributed by atoms with Gasteiger partial charge in [-0.25, -0.2) is 18.6 Å². The van der Waals surface area contributed by atoms with Crippen LogP contribution in [0.3, 0.4) is 0 Å². The van der Waals surface area contributed by atoms with Gasteiger partial charge in [0.1, 0.15) is 0 Å². The number of ether oxygens (including phenoxy) is 1. The van der Waals surface area contributed by atoms with Gasteiger partial charge >= 0.3 is 6.03 Å². The molecule has 5 rings (SSSR count). The molecule has 0 saturated heterocycles. The molecule has 190 valence electrons. The lowest BCUT2D eigenvalue weighted by atomic mass is 9.84. The molecule has 1 aliphatic carbocycles. The normalized spacial score (nSPS) is 22.5. The van der Waals surface area contributed by atoms with Crippen molar-refractivity contribution in [1.29, 1.82) is 0 Å². The van der Waals surface area contributed by atoms with Crippen molar-refractivity contribution in [3.63, 3.8) is 0 Å². The second kappa shape index (κ2) is 10.3. The molecule has 0 bridgehead atoms. The highest BCUT2D eigenvalue weighted by molar-refractivity contribution is 7.13. The third-order valence-electron chi connectivity index (χ3n) is 7.24. The highest BCUT2D eigenvalue weighted by Crippen LogP contribution is 2.32. The van der Waals surface area contributed by atoms with Gasteiger partial charge in [-0.15, -0.1) is 0 Å². The van der Waals surface area contributed by atoms with Crippen LogP contribution in [0.4, 0.5) is 19.3 Å². The van der Waals surface area contributed by atoms with Crippen molar-refractivity contribution >= 4 is 23.1 Å². The van der Waals surface area contributed by atoms with E-state index < -0.39 is 12.5 Å². The number of anilines is 1. The molecule has 3 aliphatic rings. The predicted octanol–water partition coefficient (Wildman–Crippen LogP) is 4.65. The summed E-state index contributed by atoms with van der Waals surface area (Å²) in [5.41, 5.74) is 2.91. The molecule has 1 saturated carbocycles. The maximum atomic E-state index is 13.1. The van der Waals surface area contributed by atoms with E-state index in [-0.39, 0.29) is 12.1 Å². The molecular formula is C25H33F2N5O2S. The molecule has 0 unspecified atom stereocenters. The number of pyridine rings is 1. The summed E-state index contributed by atoms with van der Waals surface area (Å²) in [5.74, 6) is -2.18. The Morgan fingerprint density at radius 2 is 2.06 bits per heavy atom. The SMILES string of the molecule is CC(F)(F)COc1nc2c(s1)CCN(CC[C@H]1CC[C@H](NC(=O)N3CCc4ncccc43)CC1)C2. The van der Waals surface area contributed by atoms with Crippen LogP contribution in [0.2, 0.25) is 0 Å². The number of hydrogen-bond donors (Lipinski definition) is 1. The number of alkyl halides is 2. The van der Waals surface area contributed by atoms with Crippen LogP contribution < -0.4 is 15.0 Å². The summed E-state index contributed by atoms with van der Waals surface area (Å²) in [5, 5.41) is 3.60. The van der Waals surface area contributed by atoms with Gasteiger partial charge in [0.2, 0.25) is 0 Å².